The van der Waals surface area contributed by atoms with Crippen LogP contribution in [0.15, 0.2) is 73.3 Å². The number of nitrogens with two attached hydrogens (primary N) is 1. The third-order valence-electron chi connectivity index (χ3n) is 5.00. The van der Waals surface area contributed by atoms with Crippen LogP contribution in [0.1, 0.15) is 96.5 Å². The molecule has 216 valence electrons. The number of pyridine rings is 1. The zero-order valence-corrected chi connectivity index (χ0v) is 26.2. The third-order valence-corrected chi connectivity index (χ3v) is 5.00. The Bertz CT molecular complexity index is 1020. The van der Waals surface area contributed by atoms with E-state index in [1.165, 1.54) is 32.4 Å². The van der Waals surface area contributed by atoms with Crippen molar-refractivity contribution in [3.63, 3.8) is 0 Å². The van der Waals surface area contributed by atoms with Gasteiger partial charge in [0.1, 0.15) is 5.82 Å². The van der Waals surface area contributed by atoms with E-state index < -0.39 is 0 Å². The molecule has 1 aromatic heterocycles. The van der Waals surface area contributed by atoms with Crippen LogP contribution in [-0.4, -0.2) is 12.0 Å². The summed E-state index contributed by atoms with van der Waals surface area (Å²) in [6.07, 6.45) is 8.37. The van der Waals surface area contributed by atoms with Crippen LogP contribution in [0.4, 0.5) is 4.39 Å². The van der Waals surface area contributed by atoms with Crippen molar-refractivity contribution in [2.24, 2.45) is 5.73 Å². The van der Waals surface area contributed by atoms with E-state index >= 15 is 0 Å². The highest BCUT2D eigenvalue weighted by Gasteiger charge is 2.08. The molecule has 2 N–H and O–H groups in total. The molecule has 3 rings (SSSR count). The highest BCUT2D eigenvalue weighted by molar-refractivity contribution is 5.67. The Morgan fingerprint density at radius 1 is 0.897 bits per heavy atom. The number of halogens is 1. The second-order valence-electron chi connectivity index (χ2n) is 7.86. The Labute approximate surface area is 240 Å². The molecule has 4 heteroatoms. The minimum absolute atomic E-state index is 0.193. The summed E-state index contributed by atoms with van der Waals surface area (Å²) in [6, 6.07) is 20.5. The lowest BCUT2D eigenvalue weighted by atomic mass is 10.0. The van der Waals surface area contributed by atoms with Crippen LogP contribution in [0.3, 0.4) is 0 Å². The van der Waals surface area contributed by atoms with Crippen LogP contribution >= 0.6 is 0 Å². The fourth-order valence-corrected chi connectivity index (χ4v) is 3.28. The summed E-state index contributed by atoms with van der Waals surface area (Å²) in [5, 5.41) is 9.29. The van der Waals surface area contributed by atoms with Crippen LogP contribution in [-0.2, 0) is 12.8 Å². The van der Waals surface area contributed by atoms with Crippen molar-refractivity contribution in [1.29, 1.82) is 5.26 Å². The van der Waals surface area contributed by atoms with Crippen LogP contribution in [0, 0.1) is 24.1 Å². The van der Waals surface area contributed by atoms with Gasteiger partial charge in [0.15, 0.2) is 0 Å². The highest BCUT2D eigenvalue weighted by atomic mass is 19.1. The Balaban J connectivity index is -0.000000786. The monoisotopic (exact) mass is 535 g/mol. The predicted molar refractivity (Wildman–Crippen MR) is 171 cm³/mol. The molecule has 0 radical (unpaired) electrons. The van der Waals surface area contributed by atoms with Crippen molar-refractivity contribution in [1.82, 2.24) is 4.98 Å². The summed E-state index contributed by atoms with van der Waals surface area (Å²) in [5.41, 5.74) is 9.98. The topological polar surface area (TPSA) is 62.7 Å². The summed E-state index contributed by atoms with van der Waals surface area (Å²) in [6.45, 7) is 19.7. The number of benzene rings is 2. The van der Waals surface area contributed by atoms with Gasteiger partial charge in [-0.2, -0.15) is 5.26 Å². The van der Waals surface area contributed by atoms with E-state index in [9.17, 15) is 9.65 Å². The zero-order chi connectivity index (χ0) is 30.5. The molecular weight excluding hydrogens is 481 g/mol. The average molecular weight is 536 g/mol. The smallest absolute Gasteiger partial charge is 0.123 e. The highest BCUT2D eigenvalue weighted by Crippen LogP contribution is 2.23. The SMILES string of the molecule is C=CC.CC.CC.CCCCC.CN.Cc1ccc(-c2ccccc2C#N)nc1CCCc1cccc(F)c1. The second kappa shape index (κ2) is 29.3. The van der Waals surface area contributed by atoms with Gasteiger partial charge in [0.2, 0.25) is 0 Å². The summed E-state index contributed by atoms with van der Waals surface area (Å²) < 4.78 is 13.3. The number of aromatic nitrogens is 1. The molecular formula is C35H54FN3. The van der Waals surface area contributed by atoms with Gasteiger partial charge in [-0.3, -0.25) is 4.98 Å². The Kier molecular flexibility index (Phi) is 30.2. The summed E-state index contributed by atoms with van der Waals surface area (Å²) in [7, 11) is 1.50. The lowest BCUT2D eigenvalue weighted by Gasteiger charge is -2.09. The van der Waals surface area contributed by atoms with Gasteiger partial charge in [0, 0.05) is 11.3 Å². The molecule has 0 spiro atoms. The first-order valence-corrected chi connectivity index (χ1v) is 14.4. The number of hydrogen-bond donors (Lipinski definition) is 1. The molecule has 0 bridgehead atoms. The van der Waals surface area contributed by atoms with E-state index in [0.29, 0.717) is 5.56 Å². The largest absolute Gasteiger partial charge is 0.333 e. The first-order chi connectivity index (χ1) is 19.0. The number of hydrogen-bond acceptors (Lipinski definition) is 3. The second-order valence-corrected chi connectivity index (χ2v) is 7.86. The quantitative estimate of drug-likeness (QED) is 0.306. The van der Waals surface area contributed by atoms with E-state index in [-0.39, 0.29) is 5.82 Å². The summed E-state index contributed by atoms with van der Waals surface area (Å²) in [4.78, 5) is 4.77. The number of allylic oxidation sites excluding steroid dienone is 1. The van der Waals surface area contributed by atoms with Gasteiger partial charge in [-0.15, -0.1) is 6.58 Å². The van der Waals surface area contributed by atoms with Gasteiger partial charge >= 0.3 is 0 Å². The number of rotatable bonds is 7. The van der Waals surface area contributed by atoms with Gasteiger partial charge < -0.3 is 5.73 Å². The molecule has 0 aliphatic rings. The molecule has 0 saturated heterocycles. The van der Waals surface area contributed by atoms with Crippen molar-refractivity contribution >= 4 is 0 Å². The van der Waals surface area contributed by atoms with E-state index in [2.05, 4.69) is 32.2 Å². The summed E-state index contributed by atoms with van der Waals surface area (Å²) in [5.74, 6) is -0.193. The minimum atomic E-state index is -0.193. The van der Waals surface area contributed by atoms with Gasteiger partial charge in [-0.05, 0) is 75.5 Å². The van der Waals surface area contributed by atoms with Crippen LogP contribution < -0.4 is 5.73 Å². The van der Waals surface area contributed by atoms with Crippen LogP contribution in [0.25, 0.3) is 11.3 Å². The van der Waals surface area contributed by atoms with Gasteiger partial charge in [0.25, 0.3) is 0 Å². The molecule has 0 unspecified atom stereocenters. The average Bonchev–Trinajstić information content (AvgIpc) is 2.98. The molecule has 39 heavy (non-hydrogen) atoms. The van der Waals surface area contributed by atoms with Crippen LogP contribution in [0.5, 0.6) is 0 Å². The molecule has 0 atom stereocenters. The molecule has 0 fully saturated rings. The molecule has 0 aliphatic carbocycles. The third kappa shape index (κ3) is 18.6. The van der Waals surface area contributed by atoms with E-state index in [0.717, 1.165) is 47.3 Å². The molecule has 3 nitrogen and oxygen atoms in total. The van der Waals surface area contributed by atoms with E-state index in [1.807, 2.05) is 77.9 Å². The molecule has 1 heterocycles. The van der Waals surface area contributed by atoms with Crippen molar-refractivity contribution in [2.45, 2.75) is 93.9 Å². The van der Waals surface area contributed by atoms with Crippen molar-refractivity contribution < 1.29 is 4.39 Å². The minimum Gasteiger partial charge on any atom is -0.333 e. The normalized spacial score (nSPS) is 8.56. The van der Waals surface area contributed by atoms with E-state index in [4.69, 9.17) is 4.98 Å². The standard InChI is InChI=1S/C22H19FN2.C5H12.C3H6.2C2H6.CH5N/c1-16-12-13-22(20-10-3-2-8-18(20)15-24)25-21(16)11-5-7-17-6-4-9-19(23)14-17;1-3-5-4-2;1-3-2;3*1-2/h2-4,6,8-10,12-14H,5,7,11H2,1H3;3-5H2,1-2H3;3H,1H2,2H3;2*1-2H3;2H2,1H3. The number of nitrogens with zero attached hydrogens (tertiary/aromatic N) is 2. The number of unbranched alkanes of at least 4 members (excludes halogenated alkanes) is 2. The van der Waals surface area contributed by atoms with Crippen molar-refractivity contribution in [2.75, 3.05) is 7.05 Å². The Morgan fingerprint density at radius 3 is 2.00 bits per heavy atom. The van der Waals surface area contributed by atoms with Gasteiger partial charge in [0.05, 0.1) is 17.3 Å². The first-order valence-electron chi connectivity index (χ1n) is 14.4. The summed E-state index contributed by atoms with van der Waals surface area (Å²) >= 11 is 0. The van der Waals surface area contributed by atoms with Gasteiger partial charge in [-0.1, -0.05) is 103 Å². The number of aryl methyl sites for hydroxylation is 3. The Hall–Kier alpha value is -3.29. The molecule has 0 saturated carbocycles. The number of nitriles is 1. The fourth-order valence-electron chi connectivity index (χ4n) is 3.28. The van der Waals surface area contributed by atoms with Crippen LogP contribution in [0.2, 0.25) is 0 Å². The molecule has 0 aliphatic heterocycles. The lowest BCUT2D eigenvalue weighted by Crippen LogP contribution is -1.99. The predicted octanol–water partition coefficient (Wildman–Crippen LogP) is 10.3. The Morgan fingerprint density at radius 2 is 1.49 bits per heavy atom. The molecule has 0 amide bonds. The lowest BCUT2D eigenvalue weighted by molar-refractivity contribution is 0.624. The van der Waals surface area contributed by atoms with Gasteiger partial charge in [-0.25, -0.2) is 4.39 Å². The first kappa shape index (κ1) is 40.2. The zero-order valence-electron chi connectivity index (χ0n) is 26.2. The molecule has 2 aromatic carbocycles. The molecule has 3 aromatic rings. The fraction of sp³-hybridized carbons (Fsp3) is 0.429. The van der Waals surface area contributed by atoms with Crippen molar-refractivity contribution in [3.8, 4) is 17.3 Å². The maximum atomic E-state index is 13.3. The maximum absolute atomic E-state index is 13.3. The van der Waals surface area contributed by atoms with Crippen molar-refractivity contribution in [3.05, 3.63) is 102 Å². The van der Waals surface area contributed by atoms with E-state index in [1.54, 1.807) is 24.3 Å². The maximum Gasteiger partial charge on any atom is 0.123 e.